The number of nitriles is 1. The molecule has 1 heterocycles. The van der Waals surface area contributed by atoms with E-state index in [1.165, 1.54) is 6.07 Å². The van der Waals surface area contributed by atoms with Crippen molar-refractivity contribution >= 4 is 11.4 Å². The predicted molar refractivity (Wildman–Crippen MR) is 73.3 cm³/mol. The molecular formula is C13H16N4O3. The van der Waals surface area contributed by atoms with Gasteiger partial charge >= 0.3 is 0 Å². The fourth-order valence-electron chi connectivity index (χ4n) is 2.23. The SMILES string of the molecule is CN(c1ccccc1[N+](=O)[O-])C1CN(CC#N)CCO1. The molecule has 0 bridgehead atoms. The summed E-state index contributed by atoms with van der Waals surface area (Å²) in [5, 5.41) is 19.8. The van der Waals surface area contributed by atoms with Gasteiger partial charge in [-0.1, -0.05) is 12.1 Å². The number of rotatable bonds is 4. The van der Waals surface area contributed by atoms with Crippen LogP contribution in [0.25, 0.3) is 0 Å². The lowest BCUT2D eigenvalue weighted by Gasteiger charge is -2.37. The molecule has 0 amide bonds. The molecule has 1 saturated heterocycles. The molecule has 1 unspecified atom stereocenters. The largest absolute Gasteiger partial charge is 0.356 e. The molecule has 1 aromatic rings. The van der Waals surface area contributed by atoms with Gasteiger partial charge in [0.25, 0.3) is 5.69 Å². The van der Waals surface area contributed by atoms with Crippen molar-refractivity contribution in [1.82, 2.24) is 4.90 Å². The van der Waals surface area contributed by atoms with Crippen LogP contribution >= 0.6 is 0 Å². The van der Waals surface area contributed by atoms with Crippen molar-refractivity contribution in [3.8, 4) is 6.07 Å². The number of morpholine rings is 1. The quantitative estimate of drug-likeness (QED) is 0.467. The minimum atomic E-state index is -0.401. The van der Waals surface area contributed by atoms with Crippen LogP contribution in [0.4, 0.5) is 11.4 Å². The van der Waals surface area contributed by atoms with E-state index in [0.29, 0.717) is 31.9 Å². The van der Waals surface area contributed by atoms with Gasteiger partial charge in [0.15, 0.2) is 0 Å². The highest BCUT2D eigenvalue weighted by Crippen LogP contribution is 2.28. The summed E-state index contributed by atoms with van der Waals surface area (Å²) in [6.45, 7) is 2.10. The number of nitro benzene ring substituents is 1. The van der Waals surface area contributed by atoms with E-state index in [2.05, 4.69) is 6.07 Å². The average molecular weight is 276 g/mol. The number of nitro groups is 1. The second-order valence-corrected chi connectivity index (χ2v) is 4.58. The van der Waals surface area contributed by atoms with Crippen molar-refractivity contribution in [1.29, 1.82) is 5.26 Å². The fraction of sp³-hybridized carbons (Fsp3) is 0.462. The molecule has 1 fully saturated rings. The Kier molecular flexibility index (Phi) is 4.50. The molecule has 0 aliphatic carbocycles. The van der Waals surface area contributed by atoms with Gasteiger partial charge < -0.3 is 9.64 Å². The zero-order chi connectivity index (χ0) is 14.5. The van der Waals surface area contributed by atoms with Crippen LogP contribution in [-0.2, 0) is 4.74 Å². The van der Waals surface area contributed by atoms with E-state index >= 15 is 0 Å². The molecule has 7 heteroatoms. The molecule has 0 saturated carbocycles. The third-order valence-corrected chi connectivity index (χ3v) is 3.32. The summed E-state index contributed by atoms with van der Waals surface area (Å²) in [5.41, 5.74) is 0.567. The van der Waals surface area contributed by atoms with Crippen LogP contribution < -0.4 is 4.90 Å². The molecule has 1 atom stereocenters. The average Bonchev–Trinajstić information content (AvgIpc) is 2.47. The summed E-state index contributed by atoms with van der Waals surface area (Å²) < 4.78 is 5.66. The van der Waals surface area contributed by atoms with Crippen molar-refractivity contribution in [2.24, 2.45) is 0 Å². The van der Waals surface area contributed by atoms with Crippen molar-refractivity contribution < 1.29 is 9.66 Å². The molecule has 20 heavy (non-hydrogen) atoms. The Balaban J connectivity index is 2.17. The molecule has 1 aliphatic heterocycles. The van der Waals surface area contributed by atoms with E-state index in [0.717, 1.165) is 0 Å². The molecule has 0 N–H and O–H groups in total. The maximum Gasteiger partial charge on any atom is 0.292 e. The van der Waals surface area contributed by atoms with E-state index in [-0.39, 0.29) is 11.9 Å². The monoisotopic (exact) mass is 276 g/mol. The molecule has 2 rings (SSSR count). The molecule has 0 radical (unpaired) electrons. The van der Waals surface area contributed by atoms with Gasteiger partial charge in [0.05, 0.1) is 24.1 Å². The first-order valence-electron chi connectivity index (χ1n) is 6.30. The Morgan fingerprint density at radius 3 is 3.05 bits per heavy atom. The maximum atomic E-state index is 11.1. The summed E-state index contributed by atoms with van der Waals surface area (Å²) in [4.78, 5) is 14.4. The Bertz CT molecular complexity index is 529. The first-order valence-corrected chi connectivity index (χ1v) is 6.30. The van der Waals surface area contributed by atoms with Crippen molar-refractivity contribution in [3.63, 3.8) is 0 Å². The third-order valence-electron chi connectivity index (χ3n) is 3.32. The Morgan fingerprint density at radius 1 is 1.60 bits per heavy atom. The summed E-state index contributed by atoms with van der Waals surface area (Å²) in [6, 6.07) is 8.68. The molecule has 1 aliphatic rings. The number of anilines is 1. The number of nitrogens with zero attached hydrogens (tertiary/aromatic N) is 4. The Hall–Kier alpha value is -2.17. The number of ether oxygens (including phenoxy) is 1. The van der Waals surface area contributed by atoms with Crippen LogP contribution in [0.1, 0.15) is 0 Å². The zero-order valence-corrected chi connectivity index (χ0v) is 11.2. The van der Waals surface area contributed by atoms with Crippen LogP contribution in [0.15, 0.2) is 24.3 Å². The maximum absolute atomic E-state index is 11.1. The van der Waals surface area contributed by atoms with Gasteiger partial charge in [0, 0.05) is 26.2 Å². The van der Waals surface area contributed by atoms with Gasteiger partial charge in [-0.3, -0.25) is 15.0 Å². The highest BCUT2D eigenvalue weighted by atomic mass is 16.6. The molecule has 0 aromatic heterocycles. The van der Waals surface area contributed by atoms with Crippen LogP contribution in [0.3, 0.4) is 0 Å². The minimum Gasteiger partial charge on any atom is -0.356 e. The normalized spacial score (nSPS) is 19.3. The Labute approximate surface area is 117 Å². The van der Waals surface area contributed by atoms with Crippen molar-refractivity contribution in [2.75, 3.05) is 38.2 Å². The summed E-state index contributed by atoms with van der Waals surface area (Å²) in [5.74, 6) is 0. The van der Waals surface area contributed by atoms with Gasteiger partial charge in [-0.05, 0) is 6.07 Å². The van der Waals surface area contributed by atoms with Gasteiger partial charge in [0.2, 0.25) is 0 Å². The lowest BCUT2D eigenvalue weighted by molar-refractivity contribution is -0.384. The van der Waals surface area contributed by atoms with Crippen LogP contribution in [0, 0.1) is 21.4 Å². The summed E-state index contributed by atoms with van der Waals surface area (Å²) in [7, 11) is 1.77. The Morgan fingerprint density at radius 2 is 2.35 bits per heavy atom. The first-order chi connectivity index (χ1) is 9.63. The van der Waals surface area contributed by atoms with Gasteiger partial charge in [-0.15, -0.1) is 0 Å². The van der Waals surface area contributed by atoms with Gasteiger partial charge in [-0.2, -0.15) is 5.26 Å². The van der Waals surface area contributed by atoms with E-state index < -0.39 is 4.92 Å². The smallest absolute Gasteiger partial charge is 0.292 e. The number of para-hydroxylation sites is 2. The van der Waals surface area contributed by atoms with Crippen LogP contribution in [-0.4, -0.2) is 49.3 Å². The number of likely N-dealkylation sites (N-methyl/N-ethyl adjacent to an activating group) is 1. The number of hydrogen-bond acceptors (Lipinski definition) is 6. The summed E-state index contributed by atoms with van der Waals surface area (Å²) in [6.07, 6.45) is -0.293. The molecule has 106 valence electrons. The van der Waals surface area contributed by atoms with E-state index in [9.17, 15) is 10.1 Å². The van der Waals surface area contributed by atoms with Crippen LogP contribution in [0.2, 0.25) is 0 Å². The highest BCUT2D eigenvalue weighted by molar-refractivity contribution is 5.62. The van der Waals surface area contributed by atoms with E-state index in [1.807, 2.05) is 4.90 Å². The fourth-order valence-corrected chi connectivity index (χ4v) is 2.23. The van der Waals surface area contributed by atoms with Crippen LogP contribution in [0.5, 0.6) is 0 Å². The molecule has 7 nitrogen and oxygen atoms in total. The second-order valence-electron chi connectivity index (χ2n) is 4.58. The lowest BCUT2D eigenvalue weighted by atomic mass is 10.2. The number of benzene rings is 1. The second kappa shape index (κ2) is 6.32. The van der Waals surface area contributed by atoms with Crippen molar-refractivity contribution in [2.45, 2.75) is 6.23 Å². The standard InChI is InChI=1S/C13H16N4O3/c1-15(11-4-2-3-5-12(11)17(18)19)13-10-16(7-6-14)8-9-20-13/h2-5,13H,7-10H2,1H3. The first kappa shape index (κ1) is 14.2. The van der Waals surface area contributed by atoms with Crippen molar-refractivity contribution in [3.05, 3.63) is 34.4 Å². The predicted octanol–water partition coefficient (Wildman–Crippen LogP) is 1.21. The molecular weight excluding hydrogens is 260 g/mol. The topological polar surface area (TPSA) is 82.6 Å². The van der Waals surface area contributed by atoms with E-state index in [1.54, 1.807) is 30.1 Å². The summed E-state index contributed by atoms with van der Waals surface area (Å²) >= 11 is 0. The lowest BCUT2D eigenvalue weighted by Crippen LogP contribution is -2.50. The molecule has 1 aromatic carbocycles. The van der Waals surface area contributed by atoms with Gasteiger partial charge in [-0.25, -0.2) is 0 Å². The van der Waals surface area contributed by atoms with E-state index in [4.69, 9.17) is 10.00 Å². The molecule has 0 spiro atoms. The zero-order valence-electron chi connectivity index (χ0n) is 11.2. The van der Waals surface area contributed by atoms with Gasteiger partial charge in [0.1, 0.15) is 11.9 Å². The minimum absolute atomic E-state index is 0.0519. The number of hydrogen-bond donors (Lipinski definition) is 0. The third kappa shape index (κ3) is 3.04. The highest BCUT2D eigenvalue weighted by Gasteiger charge is 2.27.